The van der Waals surface area contributed by atoms with Crippen molar-refractivity contribution in [2.45, 2.75) is 45.6 Å². The zero-order chi connectivity index (χ0) is 10.3. The first-order chi connectivity index (χ1) is 5.77. The van der Waals surface area contributed by atoms with E-state index in [4.69, 9.17) is 5.11 Å². The SMILES string of the molecule is CC1(O)CCC(CC(=O)O)C1(C)C. The van der Waals surface area contributed by atoms with E-state index in [-0.39, 0.29) is 17.8 Å². The standard InChI is InChI=1S/C10H18O3/c1-9(2)7(6-8(11)12)4-5-10(9,3)13/h7,13H,4-6H2,1-3H3,(H,11,12). The van der Waals surface area contributed by atoms with Gasteiger partial charge < -0.3 is 10.2 Å². The first kappa shape index (κ1) is 10.5. The third-order valence-corrected chi connectivity index (χ3v) is 3.81. The third-order valence-electron chi connectivity index (χ3n) is 3.81. The first-order valence-corrected chi connectivity index (χ1v) is 4.71. The zero-order valence-electron chi connectivity index (χ0n) is 8.50. The fourth-order valence-electron chi connectivity index (χ4n) is 2.15. The maximum atomic E-state index is 10.6. The van der Waals surface area contributed by atoms with Crippen LogP contribution >= 0.6 is 0 Å². The molecule has 0 saturated heterocycles. The van der Waals surface area contributed by atoms with Crippen LogP contribution in [0.15, 0.2) is 0 Å². The van der Waals surface area contributed by atoms with Crippen molar-refractivity contribution >= 4 is 5.97 Å². The Hall–Kier alpha value is -0.570. The average molecular weight is 186 g/mol. The molecule has 0 amide bonds. The van der Waals surface area contributed by atoms with E-state index in [1.807, 2.05) is 13.8 Å². The highest BCUT2D eigenvalue weighted by Crippen LogP contribution is 2.51. The van der Waals surface area contributed by atoms with E-state index in [0.717, 1.165) is 6.42 Å². The van der Waals surface area contributed by atoms with Crippen molar-refractivity contribution in [2.75, 3.05) is 0 Å². The molecule has 1 saturated carbocycles. The monoisotopic (exact) mass is 186 g/mol. The predicted octanol–water partition coefficient (Wildman–Crippen LogP) is 1.65. The molecule has 2 unspecified atom stereocenters. The minimum absolute atomic E-state index is 0.0972. The normalized spacial score (nSPS) is 37.7. The van der Waals surface area contributed by atoms with E-state index in [0.29, 0.717) is 6.42 Å². The summed E-state index contributed by atoms with van der Waals surface area (Å²) in [5.74, 6) is -0.671. The van der Waals surface area contributed by atoms with Crippen LogP contribution in [0.2, 0.25) is 0 Å². The van der Waals surface area contributed by atoms with Crippen molar-refractivity contribution in [1.82, 2.24) is 0 Å². The summed E-state index contributed by atoms with van der Waals surface area (Å²) in [4.78, 5) is 10.6. The Morgan fingerprint density at radius 1 is 1.46 bits per heavy atom. The van der Waals surface area contributed by atoms with Gasteiger partial charge in [0.25, 0.3) is 0 Å². The maximum Gasteiger partial charge on any atom is 0.303 e. The number of hydrogen-bond acceptors (Lipinski definition) is 2. The molecule has 3 heteroatoms. The lowest BCUT2D eigenvalue weighted by molar-refractivity contribution is -0.139. The van der Waals surface area contributed by atoms with Crippen LogP contribution in [0.25, 0.3) is 0 Å². The van der Waals surface area contributed by atoms with Crippen molar-refractivity contribution in [2.24, 2.45) is 11.3 Å². The van der Waals surface area contributed by atoms with E-state index in [1.165, 1.54) is 0 Å². The van der Waals surface area contributed by atoms with Gasteiger partial charge in [0.05, 0.1) is 5.60 Å². The average Bonchev–Trinajstić information content (AvgIpc) is 2.11. The topological polar surface area (TPSA) is 57.5 Å². The molecular weight excluding hydrogens is 168 g/mol. The van der Waals surface area contributed by atoms with Crippen LogP contribution in [0.5, 0.6) is 0 Å². The smallest absolute Gasteiger partial charge is 0.303 e. The summed E-state index contributed by atoms with van der Waals surface area (Å²) in [5.41, 5.74) is -1.00. The molecule has 3 nitrogen and oxygen atoms in total. The Morgan fingerprint density at radius 3 is 2.31 bits per heavy atom. The molecular formula is C10H18O3. The Bertz CT molecular complexity index is 218. The van der Waals surface area contributed by atoms with Crippen molar-refractivity contribution in [1.29, 1.82) is 0 Å². The number of aliphatic carboxylic acids is 1. The maximum absolute atomic E-state index is 10.6. The molecule has 1 aliphatic carbocycles. The van der Waals surface area contributed by atoms with E-state index in [2.05, 4.69) is 0 Å². The van der Waals surface area contributed by atoms with Crippen molar-refractivity contribution < 1.29 is 15.0 Å². The van der Waals surface area contributed by atoms with Gasteiger partial charge in [0.1, 0.15) is 0 Å². The second-order valence-electron chi connectivity index (χ2n) is 4.83. The van der Waals surface area contributed by atoms with Crippen molar-refractivity contribution in [3.8, 4) is 0 Å². The number of rotatable bonds is 2. The molecule has 0 spiro atoms. The van der Waals surface area contributed by atoms with Crippen LogP contribution in [0.3, 0.4) is 0 Å². The molecule has 0 aromatic carbocycles. The fourth-order valence-corrected chi connectivity index (χ4v) is 2.15. The number of carbonyl (C=O) groups is 1. The van der Waals surface area contributed by atoms with Crippen LogP contribution in [-0.2, 0) is 4.79 Å². The minimum Gasteiger partial charge on any atom is -0.481 e. The van der Waals surface area contributed by atoms with Crippen LogP contribution in [0.1, 0.15) is 40.0 Å². The van der Waals surface area contributed by atoms with Gasteiger partial charge in [-0.25, -0.2) is 0 Å². The zero-order valence-corrected chi connectivity index (χ0v) is 8.50. The third kappa shape index (κ3) is 1.70. The highest BCUT2D eigenvalue weighted by atomic mass is 16.4. The fraction of sp³-hybridized carbons (Fsp3) is 0.900. The summed E-state index contributed by atoms with van der Waals surface area (Å²) < 4.78 is 0. The van der Waals surface area contributed by atoms with E-state index in [1.54, 1.807) is 6.92 Å². The van der Waals surface area contributed by atoms with Crippen LogP contribution < -0.4 is 0 Å². The van der Waals surface area contributed by atoms with Crippen LogP contribution in [0, 0.1) is 11.3 Å². The van der Waals surface area contributed by atoms with Gasteiger partial charge in [-0.1, -0.05) is 13.8 Å². The molecule has 1 aliphatic rings. The molecule has 0 aromatic heterocycles. The quantitative estimate of drug-likeness (QED) is 0.689. The molecule has 1 rings (SSSR count). The Morgan fingerprint density at radius 2 is 2.00 bits per heavy atom. The molecule has 0 heterocycles. The lowest BCUT2D eigenvalue weighted by Gasteiger charge is -2.37. The second-order valence-corrected chi connectivity index (χ2v) is 4.83. The van der Waals surface area contributed by atoms with Crippen LogP contribution in [-0.4, -0.2) is 21.8 Å². The van der Waals surface area contributed by atoms with Gasteiger partial charge in [0, 0.05) is 6.42 Å². The minimum atomic E-state index is -0.768. The van der Waals surface area contributed by atoms with Gasteiger partial charge in [-0.2, -0.15) is 0 Å². The summed E-state index contributed by atoms with van der Waals surface area (Å²) in [5, 5.41) is 18.7. The summed E-state index contributed by atoms with van der Waals surface area (Å²) in [6.45, 7) is 5.70. The van der Waals surface area contributed by atoms with Crippen LogP contribution in [0.4, 0.5) is 0 Å². The lowest BCUT2D eigenvalue weighted by atomic mass is 9.72. The molecule has 0 bridgehead atoms. The molecule has 13 heavy (non-hydrogen) atoms. The Balaban J connectivity index is 2.76. The second kappa shape index (κ2) is 2.98. The van der Waals surface area contributed by atoms with Crippen molar-refractivity contribution in [3.63, 3.8) is 0 Å². The molecule has 2 atom stereocenters. The summed E-state index contributed by atoms with van der Waals surface area (Å²) >= 11 is 0. The van der Waals surface area contributed by atoms with Gasteiger partial charge in [-0.3, -0.25) is 4.79 Å². The molecule has 1 fully saturated rings. The van der Waals surface area contributed by atoms with E-state index in [9.17, 15) is 9.90 Å². The van der Waals surface area contributed by atoms with Gasteiger partial charge in [-0.15, -0.1) is 0 Å². The van der Waals surface area contributed by atoms with E-state index < -0.39 is 11.6 Å². The van der Waals surface area contributed by atoms with Gasteiger partial charge >= 0.3 is 5.97 Å². The number of aliphatic hydroxyl groups is 1. The molecule has 76 valence electrons. The summed E-state index contributed by atoms with van der Waals surface area (Å²) in [6, 6.07) is 0. The highest BCUT2D eigenvalue weighted by molar-refractivity contribution is 5.67. The van der Waals surface area contributed by atoms with Gasteiger partial charge in [0.15, 0.2) is 0 Å². The molecule has 0 aliphatic heterocycles. The Labute approximate surface area is 78.8 Å². The molecule has 0 aromatic rings. The first-order valence-electron chi connectivity index (χ1n) is 4.71. The predicted molar refractivity (Wildman–Crippen MR) is 49.4 cm³/mol. The lowest BCUT2D eigenvalue weighted by Crippen LogP contribution is -2.40. The largest absolute Gasteiger partial charge is 0.481 e. The Kier molecular flexibility index (Phi) is 2.41. The summed E-state index contributed by atoms with van der Waals surface area (Å²) in [6.07, 6.45) is 1.69. The summed E-state index contributed by atoms with van der Waals surface area (Å²) in [7, 11) is 0. The van der Waals surface area contributed by atoms with Crippen molar-refractivity contribution in [3.05, 3.63) is 0 Å². The van der Waals surface area contributed by atoms with E-state index >= 15 is 0 Å². The highest BCUT2D eigenvalue weighted by Gasteiger charge is 2.50. The van der Waals surface area contributed by atoms with Gasteiger partial charge in [0.2, 0.25) is 0 Å². The number of carboxylic acids is 1. The molecule has 2 N–H and O–H groups in total. The van der Waals surface area contributed by atoms with Gasteiger partial charge in [-0.05, 0) is 31.1 Å². The number of carboxylic acid groups (broad SMARTS) is 1. The number of hydrogen-bond donors (Lipinski definition) is 2. The molecule has 0 radical (unpaired) electrons.